The number of hydrogen-bond acceptors (Lipinski definition) is 5. The molecule has 0 radical (unpaired) electrons. The Kier molecular flexibility index (Phi) is 4.52. The average molecular weight is 314 g/mol. The van der Waals surface area contributed by atoms with Gasteiger partial charge >= 0.3 is 0 Å². The maximum Gasteiger partial charge on any atom is 0.231 e. The molecule has 3 rings (SSSR count). The molecule has 0 spiro atoms. The fourth-order valence-electron chi connectivity index (χ4n) is 2.25. The molecule has 0 atom stereocenters. The van der Waals surface area contributed by atoms with E-state index in [0.717, 1.165) is 11.4 Å². The highest BCUT2D eigenvalue weighted by molar-refractivity contribution is 5.91. The Morgan fingerprint density at radius 3 is 2.87 bits per heavy atom. The number of fused-ring (bicyclic) bond motifs is 1. The molecule has 1 aliphatic rings. The van der Waals surface area contributed by atoms with Gasteiger partial charge < -0.3 is 24.8 Å². The third-order valence-electron chi connectivity index (χ3n) is 3.41. The molecule has 2 aromatic rings. The van der Waals surface area contributed by atoms with E-state index in [1.807, 2.05) is 24.3 Å². The van der Waals surface area contributed by atoms with Crippen LogP contribution in [-0.2, 0) is 4.79 Å². The monoisotopic (exact) mass is 314 g/mol. The zero-order valence-corrected chi connectivity index (χ0v) is 12.8. The number of benzene rings is 2. The quantitative estimate of drug-likeness (QED) is 0.858. The lowest BCUT2D eigenvalue weighted by atomic mass is 10.2. The molecule has 23 heavy (non-hydrogen) atoms. The number of anilines is 2. The highest BCUT2D eigenvalue weighted by atomic mass is 16.7. The van der Waals surface area contributed by atoms with Gasteiger partial charge in [-0.05, 0) is 24.3 Å². The topological polar surface area (TPSA) is 68.8 Å². The lowest BCUT2D eigenvalue weighted by Crippen LogP contribution is -2.16. The molecular weight excluding hydrogens is 296 g/mol. The molecule has 2 aromatic carbocycles. The van der Waals surface area contributed by atoms with Crippen molar-refractivity contribution in [3.05, 3.63) is 42.5 Å². The van der Waals surface area contributed by atoms with Crippen LogP contribution in [0.5, 0.6) is 17.2 Å². The summed E-state index contributed by atoms with van der Waals surface area (Å²) in [6.45, 7) is 0.751. The van der Waals surface area contributed by atoms with Crippen molar-refractivity contribution in [3.8, 4) is 17.2 Å². The molecule has 0 bridgehead atoms. The van der Waals surface area contributed by atoms with Crippen LogP contribution in [0.4, 0.5) is 11.4 Å². The number of hydrogen-bond donors (Lipinski definition) is 2. The van der Waals surface area contributed by atoms with E-state index in [1.165, 1.54) is 0 Å². The summed E-state index contributed by atoms with van der Waals surface area (Å²) in [4.78, 5) is 12.0. The van der Waals surface area contributed by atoms with Gasteiger partial charge in [0.15, 0.2) is 11.5 Å². The van der Waals surface area contributed by atoms with Gasteiger partial charge in [0.05, 0.1) is 7.11 Å². The lowest BCUT2D eigenvalue weighted by molar-refractivity contribution is -0.115. The van der Waals surface area contributed by atoms with Gasteiger partial charge in [0.2, 0.25) is 12.7 Å². The smallest absolute Gasteiger partial charge is 0.231 e. The number of nitrogens with one attached hydrogen (secondary N) is 2. The summed E-state index contributed by atoms with van der Waals surface area (Å²) < 4.78 is 15.7. The predicted octanol–water partition coefficient (Wildman–Crippen LogP) is 2.86. The predicted molar refractivity (Wildman–Crippen MR) is 87.3 cm³/mol. The number of carbonyl (C=O) groups is 1. The normalized spacial score (nSPS) is 11.9. The molecule has 0 saturated heterocycles. The molecule has 0 fully saturated rings. The molecule has 2 N–H and O–H groups in total. The summed E-state index contributed by atoms with van der Waals surface area (Å²) in [5.74, 6) is 2.05. The summed E-state index contributed by atoms with van der Waals surface area (Å²) in [7, 11) is 1.62. The number of ether oxygens (including phenoxy) is 3. The van der Waals surface area contributed by atoms with Crippen LogP contribution in [-0.4, -0.2) is 26.4 Å². The van der Waals surface area contributed by atoms with Crippen LogP contribution >= 0.6 is 0 Å². The van der Waals surface area contributed by atoms with E-state index in [2.05, 4.69) is 10.6 Å². The molecule has 1 heterocycles. The zero-order valence-electron chi connectivity index (χ0n) is 12.8. The molecule has 6 nitrogen and oxygen atoms in total. The molecule has 1 amide bonds. The number of carbonyl (C=O) groups excluding carboxylic acids is 1. The Morgan fingerprint density at radius 1 is 1.13 bits per heavy atom. The maximum atomic E-state index is 12.0. The van der Waals surface area contributed by atoms with Crippen LogP contribution in [0.15, 0.2) is 42.5 Å². The van der Waals surface area contributed by atoms with E-state index in [-0.39, 0.29) is 12.7 Å². The molecule has 1 aliphatic heterocycles. The molecule has 6 heteroatoms. The van der Waals surface area contributed by atoms with Gasteiger partial charge in [-0.1, -0.05) is 6.07 Å². The lowest BCUT2D eigenvalue weighted by Gasteiger charge is -2.09. The van der Waals surface area contributed by atoms with E-state index in [9.17, 15) is 4.79 Å². The first-order chi connectivity index (χ1) is 11.2. The highest BCUT2D eigenvalue weighted by Gasteiger charge is 2.14. The summed E-state index contributed by atoms with van der Waals surface area (Å²) in [6.07, 6.45) is 0.353. The van der Waals surface area contributed by atoms with Crippen LogP contribution in [0.1, 0.15) is 6.42 Å². The maximum absolute atomic E-state index is 12.0. The largest absolute Gasteiger partial charge is 0.497 e. The number of rotatable bonds is 6. The fraction of sp³-hybridized carbons (Fsp3) is 0.235. The van der Waals surface area contributed by atoms with Gasteiger partial charge in [-0.2, -0.15) is 0 Å². The molecule has 0 aliphatic carbocycles. The third-order valence-corrected chi connectivity index (χ3v) is 3.41. The second kappa shape index (κ2) is 6.91. The van der Waals surface area contributed by atoms with Crippen molar-refractivity contribution in [2.24, 2.45) is 0 Å². The third kappa shape index (κ3) is 3.85. The highest BCUT2D eigenvalue weighted by Crippen LogP contribution is 2.34. The van der Waals surface area contributed by atoms with Gasteiger partial charge in [0.1, 0.15) is 5.75 Å². The van der Waals surface area contributed by atoms with E-state index >= 15 is 0 Å². The molecule has 120 valence electrons. The SMILES string of the molecule is COc1cccc(NCCC(=O)Nc2ccc3c(c2)OCO3)c1. The van der Waals surface area contributed by atoms with Crippen molar-refractivity contribution in [1.82, 2.24) is 0 Å². The first-order valence-corrected chi connectivity index (χ1v) is 7.32. The Morgan fingerprint density at radius 2 is 2.00 bits per heavy atom. The first-order valence-electron chi connectivity index (χ1n) is 7.32. The zero-order chi connectivity index (χ0) is 16.1. The van der Waals surface area contributed by atoms with E-state index in [1.54, 1.807) is 25.3 Å². The number of methoxy groups -OCH3 is 1. The number of amides is 1. The van der Waals surface area contributed by atoms with Crippen LogP contribution in [0.25, 0.3) is 0 Å². The minimum atomic E-state index is -0.0701. The summed E-state index contributed by atoms with van der Waals surface area (Å²) in [6, 6.07) is 12.9. The molecular formula is C17H18N2O4. The standard InChI is InChI=1S/C17H18N2O4/c1-21-14-4-2-3-12(9-14)18-8-7-17(20)19-13-5-6-15-16(10-13)23-11-22-15/h2-6,9-10,18H,7-8,11H2,1H3,(H,19,20). The van der Waals surface area contributed by atoms with Crippen LogP contribution < -0.4 is 24.8 Å². The summed E-state index contributed by atoms with van der Waals surface area (Å²) in [5, 5.41) is 6.03. The van der Waals surface area contributed by atoms with Crippen molar-refractivity contribution in [2.75, 3.05) is 31.1 Å². The van der Waals surface area contributed by atoms with Crippen molar-refractivity contribution >= 4 is 17.3 Å². The van der Waals surface area contributed by atoms with Crippen LogP contribution in [0, 0.1) is 0 Å². The van der Waals surface area contributed by atoms with Crippen molar-refractivity contribution < 1.29 is 19.0 Å². The Bertz CT molecular complexity index is 703. The van der Waals surface area contributed by atoms with E-state index < -0.39 is 0 Å². The Labute approximate surface area is 134 Å². The minimum Gasteiger partial charge on any atom is -0.497 e. The van der Waals surface area contributed by atoms with Crippen molar-refractivity contribution in [3.63, 3.8) is 0 Å². The van der Waals surface area contributed by atoms with E-state index in [0.29, 0.717) is 30.2 Å². The van der Waals surface area contributed by atoms with Crippen LogP contribution in [0.3, 0.4) is 0 Å². The Balaban J connectivity index is 1.48. The fourth-order valence-corrected chi connectivity index (χ4v) is 2.25. The van der Waals surface area contributed by atoms with Crippen LogP contribution in [0.2, 0.25) is 0 Å². The molecule has 0 unspecified atom stereocenters. The average Bonchev–Trinajstić information content (AvgIpc) is 3.02. The van der Waals surface area contributed by atoms with Gasteiger partial charge in [-0.3, -0.25) is 4.79 Å². The molecule has 0 aromatic heterocycles. The summed E-state index contributed by atoms with van der Waals surface area (Å²) in [5.41, 5.74) is 1.61. The molecule has 0 saturated carbocycles. The van der Waals surface area contributed by atoms with Crippen molar-refractivity contribution in [2.45, 2.75) is 6.42 Å². The van der Waals surface area contributed by atoms with Gasteiger partial charge in [0.25, 0.3) is 0 Å². The second-order valence-electron chi connectivity index (χ2n) is 5.02. The summed E-state index contributed by atoms with van der Waals surface area (Å²) >= 11 is 0. The first kappa shape index (κ1) is 15.0. The minimum absolute atomic E-state index is 0.0701. The van der Waals surface area contributed by atoms with E-state index in [4.69, 9.17) is 14.2 Å². The van der Waals surface area contributed by atoms with Gasteiger partial charge in [-0.25, -0.2) is 0 Å². The Hall–Kier alpha value is -2.89. The second-order valence-corrected chi connectivity index (χ2v) is 5.02. The van der Waals surface area contributed by atoms with Gasteiger partial charge in [-0.15, -0.1) is 0 Å². The van der Waals surface area contributed by atoms with Gasteiger partial charge in [0, 0.05) is 36.5 Å². The van der Waals surface area contributed by atoms with Crippen molar-refractivity contribution in [1.29, 1.82) is 0 Å².